The molecule has 4 N–H and O–H groups in total. The molecule has 110 valence electrons. The van der Waals surface area contributed by atoms with E-state index >= 15 is 0 Å². The molecule has 0 aliphatic carbocycles. The van der Waals surface area contributed by atoms with Crippen LogP contribution in [0.25, 0.3) is 0 Å². The Morgan fingerprint density at radius 3 is 1.11 bits per heavy atom. The maximum atomic E-state index is 9.60. The van der Waals surface area contributed by atoms with Gasteiger partial charge in [-0.3, -0.25) is 14.4 Å². The van der Waals surface area contributed by atoms with Gasteiger partial charge in [-0.1, -0.05) is 13.8 Å². The molecule has 0 heterocycles. The summed E-state index contributed by atoms with van der Waals surface area (Å²) in [5.41, 5.74) is 0. The Balaban J connectivity index is -0.0000000750. The van der Waals surface area contributed by atoms with Crippen molar-refractivity contribution >= 4 is 17.9 Å². The third kappa shape index (κ3) is 226. The van der Waals surface area contributed by atoms with Crippen LogP contribution in [0.3, 0.4) is 0 Å². The first-order valence-electron chi connectivity index (χ1n) is 5.43. The predicted molar refractivity (Wildman–Crippen MR) is 66.5 cm³/mol. The summed E-state index contributed by atoms with van der Waals surface area (Å²) in [7, 11) is 0. The number of hydrogen-bond donors (Lipinski definition) is 4. The molecule has 0 saturated heterocycles. The van der Waals surface area contributed by atoms with E-state index in [4.69, 9.17) is 25.2 Å². The van der Waals surface area contributed by atoms with E-state index in [0.717, 1.165) is 13.3 Å². The molecule has 18 heavy (non-hydrogen) atoms. The Labute approximate surface area is 107 Å². The maximum Gasteiger partial charge on any atom is 0.303 e. The van der Waals surface area contributed by atoms with E-state index in [1.165, 1.54) is 0 Å². The number of hydrogen-bond acceptors (Lipinski definition) is 4. The van der Waals surface area contributed by atoms with Crippen molar-refractivity contribution in [1.82, 2.24) is 0 Å². The second-order valence-electron chi connectivity index (χ2n) is 2.73. The van der Waals surface area contributed by atoms with Crippen LogP contribution in [-0.2, 0) is 14.4 Å². The fourth-order valence-electron chi connectivity index (χ4n) is 0.214. The van der Waals surface area contributed by atoms with Gasteiger partial charge in [0.2, 0.25) is 0 Å². The summed E-state index contributed by atoms with van der Waals surface area (Å²) in [5.74, 6) is -2.29. The molecule has 0 atom stereocenters. The third-order valence-electron chi connectivity index (χ3n) is 0.766. The molecule has 7 nitrogen and oxygen atoms in total. The second kappa shape index (κ2) is 24.6. The number of rotatable bonds is 3. The van der Waals surface area contributed by atoms with Crippen molar-refractivity contribution in [3.63, 3.8) is 0 Å². The molecule has 0 aromatic heterocycles. The fourth-order valence-corrected chi connectivity index (χ4v) is 0.214. The summed E-state index contributed by atoms with van der Waals surface area (Å²) in [6, 6.07) is 0. The van der Waals surface area contributed by atoms with E-state index in [2.05, 4.69) is 0 Å². The van der Waals surface area contributed by atoms with Gasteiger partial charge in [0.1, 0.15) is 0 Å². The Bertz CT molecular complexity index is 198. The lowest BCUT2D eigenvalue weighted by Crippen LogP contribution is -1.90. The van der Waals surface area contributed by atoms with Crippen molar-refractivity contribution in [2.24, 2.45) is 0 Å². The van der Waals surface area contributed by atoms with Gasteiger partial charge in [-0.2, -0.15) is 0 Å². The maximum absolute atomic E-state index is 9.60. The Hall–Kier alpha value is -1.63. The molecule has 0 fully saturated rings. The van der Waals surface area contributed by atoms with E-state index < -0.39 is 17.9 Å². The van der Waals surface area contributed by atoms with E-state index in [0.29, 0.717) is 6.42 Å². The lowest BCUT2D eigenvalue weighted by Gasteiger charge is -1.79. The summed E-state index contributed by atoms with van der Waals surface area (Å²) in [4.78, 5) is 28.0. The molecule has 7 heteroatoms. The minimum Gasteiger partial charge on any atom is -0.481 e. The average Bonchev–Trinajstić information content (AvgIpc) is 2.18. The largest absolute Gasteiger partial charge is 0.481 e. The van der Waals surface area contributed by atoms with Gasteiger partial charge in [-0.25, -0.2) is 0 Å². The minimum atomic E-state index is -0.833. The highest BCUT2D eigenvalue weighted by molar-refractivity contribution is 5.66. The van der Waals surface area contributed by atoms with E-state index in [-0.39, 0.29) is 13.0 Å². The number of aliphatic hydroxyl groups excluding tert-OH is 1. The van der Waals surface area contributed by atoms with Crippen LogP contribution in [0.15, 0.2) is 0 Å². The van der Waals surface area contributed by atoms with Crippen molar-refractivity contribution in [1.29, 1.82) is 0 Å². The Morgan fingerprint density at radius 2 is 1.11 bits per heavy atom. The van der Waals surface area contributed by atoms with Crippen molar-refractivity contribution < 1.29 is 34.8 Å². The Kier molecular flexibility index (Phi) is 34.5. The van der Waals surface area contributed by atoms with Crippen LogP contribution < -0.4 is 0 Å². The van der Waals surface area contributed by atoms with E-state index in [9.17, 15) is 9.59 Å². The summed E-state index contributed by atoms with van der Waals surface area (Å²) in [5, 5.41) is 30.6. The molecule has 0 unspecified atom stereocenters. The number of aliphatic hydroxyl groups is 1. The highest BCUT2D eigenvalue weighted by atomic mass is 16.4. The Morgan fingerprint density at radius 1 is 0.889 bits per heavy atom. The number of carboxylic acid groups (broad SMARTS) is 3. The first kappa shape index (κ1) is 25.3. The third-order valence-corrected chi connectivity index (χ3v) is 0.766. The molecule has 0 amide bonds. The zero-order valence-electron chi connectivity index (χ0n) is 11.3. The van der Waals surface area contributed by atoms with Gasteiger partial charge >= 0.3 is 11.9 Å². The molecular weight excluding hydrogens is 244 g/mol. The number of aliphatic carboxylic acids is 3. The van der Waals surface area contributed by atoms with Crippen LogP contribution in [0.1, 0.15) is 47.0 Å². The van der Waals surface area contributed by atoms with Gasteiger partial charge in [0, 0.05) is 26.4 Å². The van der Waals surface area contributed by atoms with Gasteiger partial charge in [0.15, 0.2) is 0 Å². The standard InChI is InChI=1S/C4H8O2.C3H6O2.C2H4O2.C2H6O/c1-2-3-4(5)6;1-2-3(4)5;1-2(3)4;1-2-3/h2-3H2,1H3,(H,5,6);2H2,1H3,(H,4,5);1H3,(H,3,4);3H,2H2,1H3. The lowest BCUT2D eigenvalue weighted by atomic mass is 10.4. The topological polar surface area (TPSA) is 132 Å². The van der Waals surface area contributed by atoms with Gasteiger partial charge in [0.05, 0.1) is 0 Å². The molecule has 0 radical (unpaired) electrons. The predicted octanol–water partition coefficient (Wildman–Crippen LogP) is 1.44. The average molecular weight is 268 g/mol. The van der Waals surface area contributed by atoms with Crippen LogP contribution in [0, 0.1) is 0 Å². The number of carbonyl (C=O) groups is 3. The molecule has 0 aliphatic heterocycles. The SMILES string of the molecule is CC(=O)O.CCC(=O)O.CCCC(=O)O.CCO. The summed E-state index contributed by atoms with van der Waals surface area (Å²) in [6.45, 7) is 6.45. The molecule has 0 rings (SSSR count). The van der Waals surface area contributed by atoms with E-state index in [1.54, 1.807) is 13.8 Å². The van der Waals surface area contributed by atoms with Gasteiger partial charge in [-0.15, -0.1) is 0 Å². The quantitative estimate of drug-likeness (QED) is 0.608. The highest BCUT2D eigenvalue weighted by Gasteiger charge is 1.87. The zero-order chi connectivity index (χ0) is 15.6. The summed E-state index contributed by atoms with van der Waals surface area (Å²) < 4.78 is 0. The van der Waals surface area contributed by atoms with Crippen molar-refractivity contribution in [2.45, 2.75) is 47.0 Å². The smallest absolute Gasteiger partial charge is 0.303 e. The molecule has 0 spiro atoms. The highest BCUT2D eigenvalue weighted by Crippen LogP contribution is 1.82. The van der Waals surface area contributed by atoms with E-state index in [1.807, 2.05) is 6.92 Å². The zero-order valence-corrected chi connectivity index (χ0v) is 11.3. The van der Waals surface area contributed by atoms with Crippen LogP contribution in [0.2, 0.25) is 0 Å². The van der Waals surface area contributed by atoms with Crippen LogP contribution in [0.5, 0.6) is 0 Å². The first-order chi connectivity index (χ1) is 8.19. The molecule has 0 saturated carbocycles. The second-order valence-corrected chi connectivity index (χ2v) is 2.73. The van der Waals surface area contributed by atoms with Crippen molar-refractivity contribution in [3.8, 4) is 0 Å². The molecular formula is C11H24O7. The minimum absolute atomic E-state index is 0.222. The van der Waals surface area contributed by atoms with Gasteiger partial charge < -0.3 is 20.4 Å². The molecule has 0 bridgehead atoms. The lowest BCUT2D eigenvalue weighted by molar-refractivity contribution is -0.137. The molecule has 0 aromatic rings. The van der Waals surface area contributed by atoms with Crippen molar-refractivity contribution in [3.05, 3.63) is 0 Å². The molecule has 0 aromatic carbocycles. The van der Waals surface area contributed by atoms with Crippen LogP contribution >= 0.6 is 0 Å². The fraction of sp³-hybridized carbons (Fsp3) is 0.727. The van der Waals surface area contributed by atoms with Crippen LogP contribution in [-0.4, -0.2) is 44.9 Å². The normalized spacial score (nSPS) is 7.17. The van der Waals surface area contributed by atoms with Crippen LogP contribution in [0.4, 0.5) is 0 Å². The first-order valence-corrected chi connectivity index (χ1v) is 5.43. The summed E-state index contributed by atoms with van der Waals surface area (Å²) in [6.07, 6.45) is 1.25. The summed E-state index contributed by atoms with van der Waals surface area (Å²) >= 11 is 0. The van der Waals surface area contributed by atoms with Crippen molar-refractivity contribution in [2.75, 3.05) is 6.61 Å². The molecule has 0 aliphatic rings. The van der Waals surface area contributed by atoms with Gasteiger partial charge in [-0.05, 0) is 13.3 Å². The van der Waals surface area contributed by atoms with Gasteiger partial charge in [0.25, 0.3) is 5.97 Å². The number of carboxylic acids is 3. The monoisotopic (exact) mass is 268 g/mol.